The first-order chi connectivity index (χ1) is 12.9. The van der Waals surface area contributed by atoms with Gasteiger partial charge in [-0.25, -0.2) is 8.42 Å². The van der Waals surface area contributed by atoms with Crippen molar-refractivity contribution < 1.29 is 8.42 Å². The third-order valence-electron chi connectivity index (χ3n) is 4.01. The fourth-order valence-electron chi connectivity index (χ4n) is 2.55. The zero-order chi connectivity index (χ0) is 19.6. The summed E-state index contributed by atoms with van der Waals surface area (Å²) in [5.41, 5.74) is 0.523. The van der Waals surface area contributed by atoms with E-state index in [2.05, 4.69) is 5.10 Å². The molecule has 0 amide bonds. The SMILES string of the molecule is Cc1ccc(S(=O)(=O)C(C#N)c2cnn(-c3ccccc3)c(=O)c2Cl)cc1. The number of aromatic nitrogens is 2. The van der Waals surface area contributed by atoms with Crippen molar-refractivity contribution in [2.75, 3.05) is 0 Å². The lowest BCUT2D eigenvalue weighted by atomic mass is 10.2. The molecule has 0 spiro atoms. The van der Waals surface area contributed by atoms with E-state index in [0.717, 1.165) is 16.4 Å². The highest BCUT2D eigenvalue weighted by Crippen LogP contribution is 2.31. The van der Waals surface area contributed by atoms with Gasteiger partial charge in [-0.15, -0.1) is 0 Å². The predicted molar refractivity (Wildman–Crippen MR) is 102 cm³/mol. The van der Waals surface area contributed by atoms with Gasteiger partial charge in [0.15, 0.2) is 15.1 Å². The second kappa shape index (κ2) is 7.35. The zero-order valence-corrected chi connectivity index (χ0v) is 15.8. The molecule has 0 aliphatic carbocycles. The molecule has 6 nitrogen and oxygen atoms in total. The second-order valence-electron chi connectivity index (χ2n) is 5.83. The van der Waals surface area contributed by atoms with Gasteiger partial charge in [-0.2, -0.15) is 15.0 Å². The van der Waals surface area contributed by atoms with Crippen LogP contribution in [0.2, 0.25) is 5.02 Å². The smallest absolute Gasteiger partial charge is 0.266 e. The van der Waals surface area contributed by atoms with Crippen LogP contribution in [-0.2, 0) is 9.84 Å². The molecular weight excluding hydrogens is 386 g/mol. The third-order valence-corrected chi connectivity index (χ3v) is 6.30. The van der Waals surface area contributed by atoms with E-state index in [4.69, 9.17) is 11.6 Å². The number of nitriles is 1. The van der Waals surface area contributed by atoms with Crippen LogP contribution in [-0.4, -0.2) is 18.2 Å². The van der Waals surface area contributed by atoms with Gasteiger partial charge in [-0.3, -0.25) is 4.79 Å². The molecule has 3 aromatic rings. The van der Waals surface area contributed by atoms with E-state index in [9.17, 15) is 18.5 Å². The molecule has 0 saturated carbocycles. The van der Waals surface area contributed by atoms with E-state index in [1.54, 1.807) is 48.5 Å². The van der Waals surface area contributed by atoms with Crippen LogP contribution in [0.5, 0.6) is 0 Å². The molecule has 0 saturated heterocycles. The summed E-state index contributed by atoms with van der Waals surface area (Å²) < 4.78 is 26.8. The molecule has 0 fully saturated rings. The Morgan fingerprint density at radius 2 is 1.74 bits per heavy atom. The van der Waals surface area contributed by atoms with Crippen LogP contribution in [0.3, 0.4) is 0 Å². The van der Waals surface area contributed by atoms with Gasteiger partial charge in [0, 0.05) is 5.56 Å². The lowest BCUT2D eigenvalue weighted by Crippen LogP contribution is -2.25. The van der Waals surface area contributed by atoms with Crippen LogP contribution in [0.25, 0.3) is 5.69 Å². The first-order valence-corrected chi connectivity index (χ1v) is 9.82. The Kier molecular flexibility index (Phi) is 5.13. The van der Waals surface area contributed by atoms with Gasteiger partial charge in [0.2, 0.25) is 0 Å². The average molecular weight is 400 g/mol. The average Bonchev–Trinajstić information content (AvgIpc) is 2.66. The number of halogens is 1. The van der Waals surface area contributed by atoms with Gasteiger partial charge >= 0.3 is 0 Å². The molecule has 136 valence electrons. The van der Waals surface area contributed by atoms with Crippen molar-refractivity contribution in [3.63, 3.8) is 0 Å². The minimum atomic E-state index is -4.07. The maximum Gasteiger partial charge on any atom is 0.290 e. The Bertz CT molecular complexity index is 1180. The maximum absolute atomic E-state index is 12.9. The quantitative estimate of drug-likeness (QED) is 0.671. The van der Waals surface area contributed by atoms with Crippen LogP contribution < -0.4 is 5.56 Å². The number of aryl methyl sites for hydroxylation is 1. The molecule has 0 aliphatic rings. The van der Waals surface area contributed by atoms with Crippen molar-refractivity contribution in [3.8, 4) is 11.8 Å². The number of benzene rings is 2. The first kappa shape index (κ1) is 18.8. The zero-order valence-electron chi connectivity index (χ0n) is 14.2. The van der Waals surface area contributed by atoms with E-state index in [1.165, 1.54) is 12.1 Å². The van der Waals surface area contributed by atoms with Gasteiger partial charge in [0.25, 0.3) is 5.56 Å². The third kappa shape index (κ3) is 3.50. The van der Waals surface area contributed by atoms with Crippen LogP contribution in [0.15, 0.2) is 70.5 Å². The predicted octanol–water partition coefficient (Wildman–Crippen LogP) is 3.23. The van der Waals surface area contributed by atoms with Crippen molar-refractivity contribution in [2.24, 2.45) is 0 Å². The van der Waals surface area contributed by atoms with Crippen LogP contribution in [0.4, 0.5) is 0 Å². The number of hydrogen-bond donors (Lipinski definition) is 0. The molecule has 27 heavy (non-hydrogen) atoms. The molecule has 1 unspecified atom stereocenters. The molecule has 0 bridgehead atoms. The van der Waals surface area contributed by atoms with Crippen LogP contribution in [0, 0.1) is 18.3 Å². The highest BCUT2D eigenvalue weighted by molar-refractivity contribution is 7.92. The van der Waals surface area contributed by atoms with E-state index in [1.807, 2.05) is 6.92 Å². The number of nitrogens with zero attached hydrogens (tertiary/aromatic N) is 3. The topological polar surface area (TPSA) is 92.8 Å². The second-order valence-corrected chi connectivity index (χ2v) is 8.24. The normalized spacial score (nSPS) is 12.3. The van der Waals surface area contributed by atoms with Gasteiger partial charge in [-0.1, -0.05) is 47.5 Å². The summed E-state index contributed by atoms with van der Waals surface area (Å²) in [6.45, 7) is 1.82. The van der Waals surface area contributed by atoms with Crippen molar-refractivity contribution in [3.05, 3.63) is 87.3 Å². The first-order valence-electron chi connectivity index (χ1n) is 7.89. The van der Waals surface area contributed by atoms with Crippen molar-refractivity contribution in [1.29, 1.82) is 5.26 Å². The molecule has 1 atom stereocenters. The summed E-state index contributed by atoms with van der Waals surface area (Å²) in [6.07, 6.45) is 1.15. The minimum absolute atomic E-state index is 0.0250. The summed E-state index contributed by atoms with van der Waals surface area (Å²) in [5, 5.41) is 11.5. The fraction of sp³-hybridized carbons (Fsp3) is 0.105. The molecule has 3 rings (SSSR count). The van der Waals surface area contributed by atoms with Gasteiger partial charge in [0.1, 0.15) is 5.02 Å². The summed E-state index contributed by atoms with van der Waals surface area (Å²) in [5.74, 6) is 0. The molecule has 0 aliphatic heterocycles. The highest BCUT2D eigenvalue weighted by Gasteiger charge is 2.32. The lowest BCUT2D eigenvalue weighted by molar-refractivity contribution is 0.590. The standard InChI is InChI=1S/C19H14ClN3O3S/c1-13-7-9-15(10-8-13)27(25,26)17(11-21)16-12-22-23(19(24)18(16)20)14-5-3-2-4-6-14/h2-10,12,17H,1H3. The van der Waals surface area contributed by atoms with Crippen LogP contribution >= 0.6 is 11.6 Å². The highest BCUT2D eigenvalue weighted by atomic mass is 35.5. The van der Waals surface area contributed by atoms with E-state index >= 15 is 0 Å². The largest absolute Gasteiger partial charge is 0.290 e. The Balaban J connectivity index is 2.12. The summed E-state index contributed by atoms with van der Waals surface area (Å²) >= 11 is 6.15. The summed E-state index contributed by atoms with van der Waals surface area (Å²) in [6, 6.07) is 16.4. The molecule has 0 radical (unpaired) electrons. The number of para-hydroxylation sites is 1. The Hall–Kier alpha value is -2.95. The number of rotatable bonds is 4. The molecular formula is C19H14ClN3O3S. The monoisotopic (exact) mass is 399 g/mol. The van der Waals surface area contributed by atoms with Gasteiger partial charge in [-0.05, 0) is 31.2 Å². The van der Waals surface area contributed by atoms with E-state index < -0.39 is 20.6 Å². The number of hydrogen-bond acceptors (Lipinski definition) is 5. The van der Waals surface area contributed by atoms with E-state index in [-0.39, 0.29) is 15.5 Å². The Morgan fingerprint density at radius 1 is 1.11 bits per heavy atom. The minimum Gasteiger partial charge on any atom is -0.266 e. The molecule has 2 aromatic carbocycles. The van der Waals surface area contributed by atoms with Crippen molar-refractivity contribution in [2.45, 2.75) is 17.1 Å². The molecule has 8 heteroatoms. The maximum atomic E-state index is 12.9. The van der Waals surface area contributed by atoms with Crippen LogP contribution in [0.1, 0.15) is 16.4 Å². The van der Waals surface area contributed by atoms with Crippen molar-refractivity contribution in [1.82, 2.24) is 9.78 Å². The van der Waals surface area contributed by atoms with Gasteiger partial charge in [0.05, 0.1) is 22.8 Å². The summed E-state index contributed by atoms with van der Waals surface area (Å²) in [4.78, 5) is 12.6. The Morgan fingerprint density at radius 3 is 2.33 bits per heavy atom. The van der Waals surface area contributed by atoms with E-state index in [0.29, 0.717) is 5.69 Å². The van der Waals surface area contributed by atoms with Crippen molar-refractivity contribution >= 4 is 21.4 Å². The molecule has 1 aromatic heterocycles. The van der Waals surface area contributed by atoms with Gasteiger partial charge < -0.3 is 0 Å². The fourth-order valence-corrected chi connectivity index (χ4v) is 4.29. The Labute approximate surface area is 161 Å². The molecule has 0 N–H and O–H groups in total. The number of sulfone groups is 1. The molecule has 1 heterocycles. The summed E-state index contributed by atoms with van der Waals surface area (Å²) in [7, 11) is -4.07. The lowest BCUT2D eigenvalue weighted by Gasteiger charge is -2.14.